The maximum absolute atomic E-state index is 11.6. The summed E-state index contributed by atoms with van der Waals surface area (Å²) in [5.41, 5.74) is 0.984. The molecule has 0 fully saturated rings. The number of sulfonamides is 1. The van der Waals surface area contributed by atoms with Crippen LogP contribution in [-0.2, 0) is 14.8 Å². The minimum Gasteiger partial charge on any atom is -0.464 e. The van der Waals surface area contributed by atoms with E-state index in [2.05, 4.69) is 14.4 Å². The molecule has 0 unspecified atom stereocenters. The Labute approximate surface area is 96.1 Å². The first kappa shape index (κ1) is 13.0. The lowest BCUT2D eigenvalue weighted by Gasteiger charge is -2.03. The van der Waals surface area contributed by atoms with Gasteiger partial charge in [-0.05, 0) is 0 Å². The fraction of sp³-hybridized carbons (Fsp3) is 0.429. The molecule has 0 radical (unpaired) electrons. The van der Waals surface area contributed by atoms with Crippen LogP contribution in [0.15, 0.2) is 9.72 Å². The molecule has 9 heteroatoms. The number of carbonyl (C=O) groups is 1. The number of nitrogens with zero attached hydrogens (tertiary/aromatic N) is 1. The standard InChI is InChI=1S/C7H10N2O5S2/c1-14-6(11)5-7(15-4-8-5)16(12,13)9-2-3-10/h4,9-10H,2-3H2,1H3. The maximum atomic E-state index is 11.6. The van der Waals surface area contributed by atoms with Crippen LogP contribution in [0.25, 0.3) is 0 Å². The van der Waals surface area contributed by atoms with Gasteiger partial charge in [-0.25, -0.2) is 22.9 Å². The fourth-order valence-corrected chi connectivity index (χ4v) is 3.10. The first-order chi connectivity index (χ1) is 7.53. The van der Waals surface area contributed by atoms with Crippen molar-refractivity contribution in [1.82, 2.24) is 9.71 Å². The van der Waals surface area contributed by atoms with Crippen LogP contribution in [0.1, 0.15) is 10.5 Å². The molecule has 1 heterocycles. The minimum atomic E-state index is -3.82. The predicted molar refractivity (Wildman–Crippen MR) is 55.7 cm³/mol. The van der Waals surface area contributed by atoms with Gasteiger partial charge in [-0.2, -0.15) is 0 Å². The summed E-state index contributed by atoms with van der Waals surface area (Å²) in [6.07, 6.45) is 0. The van der Waals surface area contributed by atoms with Gasteiger partial charge in [0.1, 0.15) is 0 Å². The van der Waals surface area contributed by atoms with Crippen molar-refractivity contribution in [1.29, 1.82) is 0 Å². The third-order valence-corrected chi connectivity index (χ3v) is 4.39. The average Bonchev–Trinajstić information content (AvgIpc) is 2.75. The van der Waals surface area contributed by atoms with Gasteiger partial charge >= 0.3 is 5.97 Å². The van der Waals surface area contributed by atoms with Crippen LogP contribution in [-0.4, -0.2) is 44.7 Å². The second kappa shape index (κ2) is 5.34. The number of hydrogen-bond donors (Lipinski definition) is 2. The molecule has 1 rings (SSSR count). The van der Waals surface area contributed by atoms with Crippen LogP contribution in [0.5, 0.6) is 0 Å². The van der Waals surface area contributed by atoms with E-state index in [1.165, 1.54) is 5.51 Å². The first-order valence-corrected chi connectivity index (χ1v) is 6.51. The zero-order valence-corrected chi connectivity index (χ0v) is 9.97. The van der Waals surface area contributed by atoms with Gasteiger partial charge in [-0.1, -0.05) is 0 Å². The highest BCUT2D eigenvalue weighted by Crippen LogP contribution is 2.20. The molecule has 7 nitrogen and oxygen atoms in total. The van der Waals surface area contributed by atoms with Crippen molar-refractivity contribution in [2.24, 2.45) is 0 Å². The molecule has 1 aromatic rings. The SMILES string of the molecule is COC(=O)c1ncsc1S(=O)(=O)NCCO. The summed E-state index contributed by atoms with van der Waals surface area (Å²) < 4.78 is 29.6. The zero-order valence-electron chi connectivity index (χ0n) is 8.34. The van der Waals surface area contributed by atoms with Crippen LogP contribution in [0.2, 0.25) is 0 Å². The van der Waals surface area contributed by atoms with E-state index in [1.807, 2.05) is 0 Å². The molecule has 0 saturated heterocycles. The van der Waals surface area contributed by atoms with Gasteiger partial charge in [0.05, 0.1) is 19.2 Å². The Kier molecular flexibility index (Phi) is 4.35. The molecule has 0 bridgehead atoms. The number of rotatable bonds is 5. The first-order valence-electron chi connectivity index (χ1n) is 4.15. The Hall–Kier alpha value is -1.03. The van der Waals surface area contributed by atoms with Crippen LogP contribution < -0.4 is 4.72 Å². The van der Waals surface area contributed by atoms with E-state index in [0.717, 1.165) is 18.4 Å². The predicted octanol–water partition coefficient (Wildman–Crippen LogP) is -0.800. The number of nitrogens with one attached hydrogen (secondary N) is 1. The molecule has 0 aliphatic heterocycles. The molecule has 1 aromatic heterocycles. The van der Waals surface area contributed by atoms with Crippen LogP contribution >= 0.6 is 11.3 Å². The molecule has 0 spiro atoms. The molecule has 0 aromatic carbocycles. The Bertz CT molecular complexity index is 467. The molecule has 0 aliphatic rings. The topological polar surface area (TPSA) is 106 Å². The second-order valence-electron chi connectivity index (χ2n) is 2.60. The van der Waals surface area contributed by atoms with Crippen molar-refractivity contribution in [3.63, 3.8) is 0 Å². The molecule has 0 saturated carbocycles. The summed E-state index contributed by atoms with van der Waals surface area (Å²) in [7, 11) is -2.68. The van der Waals surface area contributed by atoms with Gasteiger partial charge in [0.15, 0.2) is 9.90 Å². The van der Waals surface area contributed by atoms with Crippen molar-refractivity contribution >= 4 is 27.3 Å². The number of esters is 1. The van der Waals surface area contributed by atoms with Gasteiger partial charge in [-0.3, -0.25) is 0 Å². The van der Waals surface area contributed by atoms with E-state index in [1.54, 1.807) is 0 Å². The third kappa shape index (κ3) is 2.76. The number of methoxy groups -OCH3 is 1. The molecule has 16 heavy (non-hydrogen) atoms. The van der Waals surface area contributed by atoms with E-state index in [4.69, 9.17) is 5.11 Å². The molecule has 0 aliphatic carbocycles. The highest BCUT2D eigenvalue weighted by atomic mass is 32.2. The fourth-order valence-electron chi connectivity index (χ4n) is 0.904. The number of aliphatic hydroxyl groups excluding tert-OH is 1. The zero-order chi connectivity index (χ0) is 12.2. The van der Waals surface area contributed by atoms with Crippen molar-refractivity contribution in [2.45, 2.75) is 4.21 Å². The normalized spacial score (nSPS) is 11.4. The number of aromatic nitrogens is 1. The van der Waals surface area contributed by atoms with Crippen LogP contribution in [0, 0.1) is 0 Å². The summed E-state index contributed by atoms with van der Waals surface area (Å²) >= 11 is 0.807. The lowest BCUT2D eigenvalue weighted by molar-refractivity contribution is 0.0590. The highest BCUT2D eigenvalue weighted by Gasteiger charge is 2.25. The average molecular weight is 266 g/mol. The third-order valence-electron chi connectivity index (χ3n) is 1.56. The van der Waals surface area contributed by atoms with E-state index in [0.29, 0.717) is 0 Å². The van der Waals surface area contributed by atoms with Crippen molar-refractivity contribution in [3.05, 3.63) is 11.2 Å². The summed E-state index contributed by atoms with van der Waals surface area (Å²) in [6.45, 7) is -0.452. The molecule has 2 N–H and O–H groups in total. The van der Waals surface area contributed by atoms with E-state index >= 15 is 0 Å². The number of thiazole rings is 1. The van der Waals surface area contributed by atoms with Gasteiger partial charge in [-0.15, -0.1) is 11.3 Å². The van der Waals surface area contributed by atoms with E-state index < -0.39 is 16.0 Å². The number of carbonyl (C=O) groups excluding carboxylic acids is 1. The second-order valence-corrected chi connectivity index (χ2v) is 5.42. The Morgan fingerprint density at radius 1 is 1.69 bits per heavy atom. The molecular formula is C7H10N2O5S2. The van der Waals surface area contributed by atoms with Gasteiger partial charge in [0.2, 0.25) is 0 Å². The van der Waals surface area contributed by atoms with Crippen molar-refractivity contribution < 1.29 is 23.1 Å². The maximum Gasteiger partial charge on any atom is 0.358 e. The van der Waals surface area contributed by atoms with E-state index in [9.17, 15) is 13.2 Å². The minimum absolute atomic E-state index is 0.124. The van der Waals surface area contributed by atoms with Crippen LogP contribution in [0.3, 0.4) is 0 Å². The molecule has 90 valence electrons. The number of hydrogen-bond acceptors (Lipinski definition) is 7. The monoisotopic (exact) mass is 266 g/mol. The summed E-state index contributed by atoms with van der Waals surface area (Å²) in [4.78, 5) is 14.8. The number of ether oxygens (including phenoxy) is 1. The quantitative estimate of drug-likeness (QED) is 0.676. The van der Waals surface area contributed by atoms with Gasteiger partial charge in [0.25, 0.3) is 10.0 Å². The van der Waals surface area contributed by atoms with Gasteiger partial charge < -0.3 is 9.84 Å². The summed E-state index contributed by atoms with van der Waals surface area (Å²) in [5, 5.41) is 8.52. The lowest BCUT2D eigenvalue weighted by atomic mass is 10.5. The largest absolute Gasteiger partial charge is 0.464 e. The van der Waals surface area contributed by atoms with E-state index in [-0.39, 0.29) is 23.1 Å². The lowest BCUT2D eigenvalue weighted by Crippen LogP contribution is -2.27. The van der Waals surface area contributed by atoms with Crippen LogP contribution in [0.4, 0.5) is 0 Å². The number of aliphatic hydroxyl groups is 1. The summed E-state index contributed by atoms with van der Waals surface area (Å²) in [5.74, 6) is -0.814. The van der Waals surface area contributed by atoms with Gasteiger partial charge in [0, 0.05) is 6.54 Å². The van der Waals surface area contributed by atoms with Crippen molar-refractivity contribution in [3.8, 4) is 0 Å². The Morgan fingerprint density at radius 3 is 2.94 bits per heavy atom. The molecular weight excluding hydrogens is 256 g/mol. The smallest absolute Gasteiger partial charge is 0.358 e. The summed E-state index contributed by atoms with van der Waals surface area (Å²) in [6, 6.07) is 0. The Balaban J connectivity index is 3.04. The Morgan fingerprint density at radius 2 is 2.38 bits per heavy atom. The molecule has 0 atom stereocenters. The van der Waals surface area contributed by atoms with Crippen molar-refractivity contribution in [2.75, 3.05) is 20.3 Å². The highest BCUT2D eigenvalue weighted by molar-refractivity contribution is 7.91. The molecule has 0 amide bonds.